The zero-order valence-electron chi connectivity index (χ0n) is 15.8. The van der Waals surface area contributed by atoms with Crippen LogP contribution in [-0.2, 0) is 28.2 Å². The van der Waals surface area contributed by atoms with Gasteiger partial charge in [0.1, 0.15) is 5.75 Å². The highest BCUT2D eigenvalue weighted by Gasteiger charge is 2.40. The standard InChI is InChI=1S/C19H31N3O3/c1-4-19(6-5-7-21(2)3)16-12-20-17(18(23)15(16)14-25-19)13-22-8-10-24-11-9-22/h12,23H,4-11,13-14H2,1-3H3. The van der Waals surface area contributed by atoms with Crippen LogP contribution in [0.3, 0.4) is 0 Å². The predicted octanol–water partition coefficient (Wildman–Crippen LogP) is 2.10. The predicted molar refractivity (Wildman–Crippen MR) is 96.5 cm³/mol. The highest BCUT2D eigenvalue weighted by atomic mass is 16.5. The summed E-state index contributed by atoms with van der Waals surface area (Å²) in [6, 6.07) is 0. The SMILES string of the molecule is CCC1(CCCN(C)C)OCc2c1cnc(CN1CCOCC1)c2O. The Morgan fingerprint density at radius 2 is 2.08 bits per heavy atom. The largest absolute Gasteiger partial charge is 0.506 e. The molecule has 0 aromatic carbocycles. The third-order valence-corrected chi connectivity index (χ3v) is 5.45. The fourth-order valence-electron chi connectivity index (χ4n) is 3.85. The van der Waals surface area contributed by atoms with E-state index in [1.165, 1.54) is 0 Å². The van der Waals surface area contributed by atoms with Gasteiger partial charge in [-0.3, -0.25) is 9.88 Å². The number of pyridine rings is 1. The van der Waals surface area contributed by atoms with Crippen LogP contribution in [0.15, 0.2) is 6.20 Å². The second kappa shape index (κ2) is 7.99. The maximum absolute atomic E-state index is 10.8. The molecular formula is C19H31N3O3. The minimum Gasteiger partial charge on any atom is -0.506 e. The van der Waals surface area contributed by atoms with Crippen LogP contribution in [0.25, 0.3) is 0 Å². The summed E-state index contributed by atoms with van der Waals surface area (Å²) in [5.74, 6) is 0.326. The van der Waals surface area contributed by atoms with Crippen LogP contribution in [0.2, 0.25) is 0 Å². The fourth-order valence-corrected chi connectivity index (χ4v) is 3.85. The van der Waals surface area contributed by atoms with E-state index in [4.69, 9.17) is 9.47 Å². The lowest BCUT2D eigenvalue weighted by atomic mass is 9.86. The summed E-state index contributed by atoms with van der Waals surface area (Å²) in [4.78, 5) is 9.08. The van der Waals surface area contributed by atoms with E-state index in [0.29, 0.717) is 18.9 Å². The summed E-state index contributed by atoms with van der Waals surface area (Å²) in [7, 11) is 4.18. The van der Waals surface area contributed by atoms with Crippen molar-refractivity contribution in [3.8, 4) is 5.75 Å². The number of fused-ring (bicyclic) bond motifs is 1. The number of aromatic nitrogens is 1. The van der Waals surface area contributed by atoms with Crippen molar-refractivity contribution in [2.45, 2.75) is 44.9 Å². The molecule has 3 rings (SSSR count). The molecule has 6 heteroatoms. The minimum absolute atomic E-state index is 0.298. The number of hydrogen-bond acceptors (Lipinski definition) is 6. The molecule has 0 radical (unpaired) electrons. The van der Waals surface area contributed by atoms with Crippen molar-refractivity contribution in [1.29, 1.82) is 0 Å². The van der Waals surface area contributed by atoms with Gasteiger partial charge in [-0.1, -0.05) is 6.92 Å². The average Bonchev–Trinajstić information content (AvgIpc) is 2.98. The van der Waals surface area contributed by atoms with Crippen LogP contribution in [0, 0.1) is 0 Å². The van der Waals surface area contributed by atoms with Crippen molar-refractivity contribution in [2.24, 2.45) is 0 Å². The number of nitrogens with zero attached hydrogens (tertiary/aromatic N) is 3. The highest BCUT2D eigenvalue weighted by Crippen LogP contribution is 2.45. The van der Waals surface area contributed by atoms with Gasteiger partial charge in [-0.2, -0.15) is 0 Å². The fraction of sp³-hybridized carbons (Fsp3) is 0.737. The molecule has 0 amide bonds. The molecule has 1 saturated heterocycles. The normalized spacial score (nSPS) is 24.0. The lowest BCUT2D eigenvalue weighted by Gasteiger charge is -2.29. The van der Waals surface area contributed by atoms with Gasteiger partial charge in [0, 0.05) is 37.0 Å². The first-order chi connectivity index (χ1) is 12.1. The minimum atomic E-state index is -0.298. The molecule has 1 unspecified atom stereocenters. The molecule has 0 bridgehead atoms. The Morgan fingerprint density at radius 3 is 2.76 bits per heavy atom. The summed E-state index contributed by atoms with van der Waals surface area (Å²) >= 11 is 0. The van der Waals surface area contributed by atoms with Crippen molar-refractivity contribution >= 4 is 0 Å². The lowest BCUT2D eigenvalue weighted by molar-refractivity contribution is -0.0497. The zero-order valence-corrected chi connectivity index (χ0v) is 15.8. The van der Waals surface area contributed by atoms with Gasteiger partial charge in [0.15, 0.2) is 0 Å². The van der Waals surface area contributed by atoms with Crippen molar-refractivity contribution in [3.05, 3.63) is 23.0 Å². The summed E-state index contributed by atoms with van der Waals surface area (Å²) in [5, 5.41) is 10.8. The van der Waals surface area contributed by atoms with Gasteiger partial charge in [0.2, 0.25) is 0 Å². The van der Waals surface area contributed by atoms with E-state index in [0.717, 1.165) is 68.9 Å². The van der Waals surface area contributed by atoms with Gasteiger partial charge in [-0.05, 0) is 39.9 Å². The number of morpholine rings is 1. The first kappa shape index (κ1) is 18.6. The third-order valence-electron chi connectivity index (χ3n) is 5.45. The molecule has 6 nitrogen and oxygen atoms in total. The number of rotatable bonds is 7. The first-order valence-corrected chi connectivity index (χ1v) is 9.34. The Kier molecular flexibility index (Phi) is 5.94. The van der Waals surface area contributed by atoms with E-state index in [1.807, 2.05) is 6.20 Å². The summed E-state index contributed by atoms with van der Waals surface area (Å²) in [6.07, 6.45) is 4.86. The van der Waals surface area contributed by atoms with Crippen LogP contribution in [0.1, 0.15) is 43.0 Å². The summed E-state index contributed by atoms with van der Waals surface area (Å²) in [6.45, 7) is 7.62. The van der Waals surface area contributed by atoms with Gasteiger partial charge < -0.3 is 19.5 Å². The van der Waals surface area contributed by atoms with Crippen LogP contribution in [-0.4, -0.2) is 66.8 Å². The van der Waals surface area contributed by atoms with Gasteiger partial charge in [-0.25, -0.2) is 0 Å². The number of hydrogen-bond donors (Lipinski definition) is 1. The van der Waals surface area contributed by atoms with E-state index >= 15 is 0 Å². The monoisotopic (exact) mass is 349 g/mol. The molecule has 25 heavy (non-hydrogen) atoms. The molecule has 1 fully saturated rings. The molecule has 3 heterocycles. The van der Waals surface area contributed by atoms with Crippen molar-refractivity contribution in [2.75, 3.05) is 46.9 Å². The molecule has 140 valence electrons. The third kappa shape index (κ3) is 3.97. The maximum atomic E-state index is 10.8. The molecule has 0 aliphatic carbocycles. The average molecular weight is 349 g/mol. The van der Waals surface area contributed by atoms with E-state index in [9.17, 15) is 5.11 Å². The summed E-state index contributed by atoms with van der Waals surface area (Å²) < 4.78 is 11.6. The lowest BCUT2D eigenvalue weighted by Crippen LogP contribution is -2.36. The first-order valence-electron chi connectivity index (χ1n) is 9.34. The Hall–Kier alpha value is -1.21. The summed E-state index contributed by atoms with van der Waals surface area (Å²) in [5.41, 5.74) is 2.47. The second-order valence-electron chi connectivity index (χ2n) is 7.38. The van der Waals surface area contributed by atoms with Gasteiger partial charge in [0.05, 0.1) is 31.1 Å². The van der Waals surface area contributed by atoms with Crippen LogP contribution >= 0.6 is 0 Å². The van der Waals surface area contributed by atoms with Crippen LogP contribution in [0.5, 0.6) is 5.75 Å². The van der Waals surface area contributed by atoms with Crippen molar-refractivity contribution < 1.29 is 14.6 Å². The Labute approximate surface area is 150 Å². The van der Waals surface area contributed by atoms with E-state index in [1.54, 1.807) is 0 Å². The molecule has 1 aromatic heterocycles. The zero-order chi connectivity index (χ0) is 17.9. The Morgan fingerprint density at radius 1 is 1.32 bits per heavy atom. The Bertz CT molecular complexity index is 588. The Balaban J connectivity index is 1.76. The quantitative estimate of drug-likeness (QED) is 0.813. The van der Waals surface area contributed by atoms with Gasteiger partial charge >= 0.3 is 0 Å². The maximum Gasteiger partial charge on any atom is 0.144 e. The topological polar surface area (TPSA) is 58.1 Å². The van der Waals surface area contributed by atoms with Crippen LogP contribution in [0.4, 0.5) is 0 Å². The van der Waals surface area contributed by atoms with E-state index < -0.39 is 0 Å². The molecule has 0 saturated carbocycles. The van der Waals surface area contributed by atoms with E-state index in [-0.39, 0.29) is 5.60 Å². The highest BCUT2D eigenvalue weighted by molar-refractivity contribution is 5.45. The number of ether oxygens (including phenoxy) is 2. The molecule has 2 aliphatic rings. The molecule has 1 atom stereocenters. The molecule has 2 aliphatic heterocycles. The van der Waals surface area contributed by atoms with Crippen molar-refractivity contribution in [1.82, 2.24) is 14.8 Å². The smallest absolute Gasteiger partial charge is 0.144 e. The van der Waals surface area contributed by atoms with Crippen LogP contribution < -0.4 is 0 Å². The second-order valence-corrected chi connectivity index (χ2v) is 7.38. The van der Waals surface area contributed by atoms with E-state index in [2.05, 4.69) is 35.8 Å². The van der Waals surface area contributed by atoms with Crippen molar-refractivity contribution in [3.63, 3.8) is 0 Å². The number of aromatic hydroxyl groups is 1. The molecule has 0 spiro atoms. The molecule has 1 aromatic rings. The van der Waals surface area contributed by atoms with Gasteiger partial charge in [-0.15, -0.1) is 0 Å². The van der Waals surface area contributed by atoms with Gasteiger partial charge in [0.25, 0.3) is 0 Å². The molecule has 1 N–H and O–H groups in total. The molecular weight excluding hydrogens is 318 g/mol.